The molecule has 5 nitrogen and oxygen atoms in total. The second-order valence-corrected chi connectivity index (χ2v) is 7.70. The fourth-order valence-corrected chi connectivity index (χ4v) is 4.45. The highest BCUT2D eigenvalue weighted by Gasteiger charge is 2.27. The summed E-state index contributed by atoms with van der Waals surface area (Å²) < 4.78 is 8.04. The van der Waals surface area contributed by atoms with Crippen LogP contribution in [-0.4, -0.2) is 27.9 Å². The summed E-state index contributed by atoms with van der Waals surface area (Å²) in [5.74, 6) is 0.699. The maximum Gasteiger partial charge on any atom is 0.254 e. The molecule has 5 heteroatoms. The summed E-state index contributed by atoms with van der Waals surface area (Å²) in [6, 6.07) is 10.6. The number of carbonyl (C=O) groups excluding carboxylic acids is 1. The van der Waals surface area contributed by atoms with Crippen molar-refractivity contribution in [1.82, 2.24) is 9.78 Å². The fraction of sp³-hybridized carbons (Fsp3) is 0.545. The molecule has 1 aromatic heterocycles. The zero-order chi connectivity index (χ0) is 18.6. The van der Waals surface area contributed by atoms with E-state index in [0.29, 0.717) is 6.42 Å². The van der Waals surface area contributed by atoms with Gasteiger partial charge in [-0.2, -0.15) is 5.10 Å². The van der Waals surface area contributed by atoms with Crippen molar-refractivity contribution < 1.29 is 9.53 Å². The first-order valence-electron chi connectivity index (χ1n) is 10.3. The Bertz CT molecular complexity index is 779. The van der Waals surface area contributed by atoms with Crippen molar-refractivity contribution in [3.05, 3.63) is 47.7 Å². The van der Waals surface area contributed by atoms with Crippen LogP contribution in [-0.2, 0) is 16.0 Å². The first-order valence-corrected chi connectivity index (χ1v) is 10.3. The second kappa shape index (κ2) is 8.26. The van der Waals surface area contributed by atoms with E-state index in [0.717, 1.165) is 37.9 Å². The highest BCUT2D eigenvalue weighted by atomic mass is 16.5. The van der Waals surface area contributed by atoms with Gasteiger partial charge >= 0.3 is 0 Å². The van der Waals surface area contributed by atoms with Gasteiger partial charge in [0.05, 0.1) is 18.3 Å². The van der Waals surface area contributed by atoms with Gasteiger partial charge in [-0.05, 0) is 49.7 Å². The topological polar surface area (TPSA) is 56.1 Å². The molecule has 144 valence electrons. The van der Waals surface area contributed by atoms with E-state index in [1.165, 1.54) is 24.0 Å². The highest BCUT2D eigenvalue weighted by Crippen LogP contribution is 2.34. The van der Waals surface area contributed by atoms with Crippen LogP contribution in [0.3, 0.4) is 0 Å². The van der Waals surface area contributed by atoms with E-state index in [4.69, 9.17) is 4.74 Å². The number of benzene rings is 1. The average molecular weight is 367 g/mol. The van der Waals surface area contributed by atoms with Gasteiger partial charge in [0.1, 0.15) is 11.9 Å². The van der Waals surface area contributed by atoms with Gasteiger partial charge in [0.25, 0.3) is 5.91 Å². The van der Waals surface area contributed by atoms with Crippen LogP contribution < -0.4 is 5.32 Å². The molecule has 1 amide bonds. The van der Waals surface area contributed by atoms with Crippen molar-refractivity contribution in [3.8, 4) is 0 Å². The van der Waals surface area contributed by atoms with Crippen molar-refractivity contribution in [1.29, 1.82) is 0 Å². The summed E-state index contributed by atoms with van der Waals surface area (Å²) >= 11 is 0. The number of hydrogen-bond donors (Lipinski definition) is 1. The molecule has 27 heavy (non-hydrogen) atoms. The van der Waals surface area contributed by atoms with Crippen LogP contribution in [0.1, 0.15) is 69.0 Å². The van der Waals surface area contributed by atoms with Crippen LogP contribution in [0.4, 0.5) is 5.82 Å². The highest BCUT2D eigenvalue weighted by molar-refractivity contribution is 5.93. The molecular formula is C22H29N3O2. The minimum atomic E-state index is -0.393. The number of hydrogen-bond acceptors (Lipinski definition) is 3. The SMILES string of the molecule is CCC(OC1CCCC1)C(=O)Nc1ccnn1C1CCCc2ccccc21. The molecule has 2 aromatic rings. The Kier molecular flexibility index (Phi) is 5.58. The molecule has 4 rings (SSSR count). The van der Waals surface area contributed by atoms with E-state index in [1.54, 1.807) is 6.20 Å². The van der Waals surface area contributed by atoms with Crippen LogP contribution in [0, 0.1) is 0 Å². The Balaban J connectivity index is 1.50. The normalized spacial score (nSPS) is 21.0. The summed E-state index contributed by atoms with van der Waals surface area (Å²) in [6.45, 7) is 2.01. The molecule has 1 aromatic carbocycles. The third kappa shape index (κ3) is 3.93. The van der Waals surface area contributed by atoms with Crippen molar-refractivity contribution >= 4 is 11.7 Å². The number of aryl methyl sites for hydroxylation is 1. The van der Waals surface area contributed by atoms with Gasteiger partial charge in [0, 0.05) is 6.07 Å². The van der Waals surface area contributed by atoms with Crippen LogP contribution in [0.25, 0.3) is 0 Å². The molecule has 2 unspecified atom stereocenters. The number of carbonyl (C=O) groups is 1. The monoisotopic (exact) mass is 367 g/mol. The molecular weight excluding hydrogens is 338 g/mol. The zero-order valence-corrected chi connectivity index (χ0v) is 16.1. The van der Waals surface area contributed by atoms with E-state index < -0.39 is 6.10 Å². The number of aromatic nitrogens is 2. The van der Waals surface area contributed by atoms with Crippen molar-refractivity contribution in [2.45, 2.75) is 76.5 Å². The summed E-state index contributed by atoms with van der Waals surface area (Å²) in [4.78, 5) is 12.8. The molecule has 0 bridgehead atoms. The number of nitrogens with zero attached hydrogens (tertiary/aromatic N) is 2. The van der Waals surface area contributed by atoms with Gasteiger partial charge < -0.3 is 10.1 Å². The number of fused-ring (bicyclic) bond motifs is 1. The van der Waals surface area contributed by atoms with Gasteiger partial charge in [-0.25, -0.2) is 4.68 Å². The molecule has 2 atom stereocenters. The minimum absolute atomic E-state index is 0.0600. The lowest BCUT2D eigenvalue weighted by Crippen LogP contribution is -2.34. The quantitative estimate of drug-likeness (QED) is 0.819. The van der Waals surface area contributed by atoms with Crippen molar-refractivity contribution in [2.75, 3.05) is 5.32 Å². The van der Waals surface area contributed by atoms with E-state index in [9.17, 15) is 4.79 Å². The van der Waals surface area contributed by atoms with Crippen molar-refractivity contribution in [2.24, 2.45) is 0 Å². The van der Waals surface area contributed by atoms with Crippen LogP contribution in [0.15, 0.2) is 36.5 Å². The molecule has 2 aliphatic carbocycles. The lowest BCUT2D eigenvalue weighted by Gasteiger charge is -2.27. The lowest BCUT2D eigenvalue weighted by atomic mass is 9.88. The Labute approximate surface area is 161 Å². The second-order valence-electron chi connectivity index (χ2n) is 7.70. The molecule has 1 N–H and O–H groups in total. The van der Waals surface area contributed by atoms with Crippen LogP contribution in [0.2, 0.25) is 0 Å². The summed E-state index contributed by atoms with van der Waals surface area (Å²) in [5.41, 5.74) is 2.70. The Morgan fingerprint density at radius 2 is 2.04 bits per heavy atom. The maximum atomic E-state index is 12.8. The number of rotatable bonds is 6. The number of ether oxygens (including phenoxy) is 1. The standard InChI is InChI=1S/C22H29N3O2/c1-2-20(27-17-10-4-5-11-17)22(26)24-21-14-15-23-25(21)19-13-7-9-16-8-3-6-12-18(16)19/h3,6,8,12,14-15,17,19-20H,2,4-5,7,9-11,13H2,1H3,(H,24,26). The molecule has 0 radical (unpaired) electrons. The number of nitrogens with one attached hydrogen (secondary N) is 1. The first kappa shape index (κ1) is 18.2. The summed E-state index contributed by atoms with van der Waals surface area (Å²) in [5, 5.41) is 7.62. The Morgan fingerprint density at radius 1 is 1.22 bits per heavy atom. The predicted octanol–water partition coefficient (Wildman–Crippen LogP) is 4.49. The summed E-state index contributed by atoms with van der Waals surface area (Å²) in [7, 11) is 0. The molecule has 1 heterocycles. The number of amides is 1. The molecule has 0 saturated heterocycles. The molecule has 0 aliphatic heterocycles. The zero-order valence-electron chi connectivity index (χ0n) is 16.1. The van der Waals surface area contributed by atoms with Gasteiger partial charge in [-0.1, -0.05) is 44.0 Å². The van der Waals surface area contributed by atoms with E-state index >= 15 is 0 Å². The first-order chi connectivity index (χ1) is 13.3. The van der Waals surface area contributed by atoms with Gasteiger partial charge in [-0.15, -0.1) is 0 Å². The van der Waals surface area contributed by atoms with Crippen LogP contribution in [0.5, 0.6) is 0 Å². The predicted molar refractivity (Wildman–Crippen MR) is 106 cm³/mol. The minimum Gasteiger partial charge on any atom is -0.365 e. The van der Waals surface area contributed by atoms with Crippen molar-refractivity contribution in [3.63, 3.8) is 0 Å². The molecule has 1 fully saturated rings. The molecule has 2 aliphatic rings. The summed E-state index contributed by atoms with van der Waals surface area (Å²) in [6.07, 6.45) is 10.1. The average Bonchev–Trinajstić information content (AvgIpc) is 3.37. The number of anilines is 1. The van der Waals surface area contributed by atoms with E-state index in [1.807, 2.05) is 17.7 Å². The van der Waals surface area contributed by atoms with Crippen LogP contribution >= 0.6 is 0 Å². The third-order valence-corrected chi connectivity index (χ3v) is 5.88. The Morgan fingerprint density at radius 3 is 2.85 bits per heavy atom. The fourth-order valence-electron chi connectivity index (χ4n) is 4.45. The molecule has 1 saturated carbocycles. The van der Waals surface area contributed by atoms with E-state index in [-0.39, 0.29) is 18.1 Å². The Hall–Kier alpha value is -2.14. The largest absolute Gasteiger partial charge is 0.365 e. The molecule has 0 spiro atoms. The van der Waals surface area contributed by atoms with E-state index in [2.05, 4.69) is 34.7 Å². The third-order valence-electron chi connectivity index (χ3n) is 5.88. The van der Waals surface area contributed by atoms with Gasteiger partial charge in [0.15, 0.2) is 0 Å². The van der Waals surface area contributed by atoms with Gasteiger partial charge in [0.2, 0.25) is 0 Å². The van der Waals surface area contributed by atoms with Gasteiger partial charge in [-0.3, -0.25) is 4.79 Å². The maximum absolute atomic E-state index is 12.8. The lowest BCUT2D eigenvalue weighted by molar-refractivity contribution is -0.131. The smallest absolute Gasteiger partial charge is 0.254 e.